The number of urea groups is 1. The molecule has 130 valence electrons. The van der Waals surface area contributed by atoms with Gasteiger partial charge in [0, 0.05) is 24.1 Å². The number of carbonyl (C=O) groups is 2. The highest BCUT2D eigenvalue weighted by Crippen LogP contribution is 2.26. The molecule has 3 amide bonds. The van der Waals surface area contributed by atoms with Gasteiger partial charge in [0.15, 0.2) is 0 Å². The lowest BCUT2D eigenvalue weighted by molar-refractivity contribution is -0.126. The first-order valence-electron chi connectivity index (χ1n) is 8.68. The van der Waals surface area contributed by atoms with Gasteiger partial charge in [0.2, 0.25) is 5.91 Å². The van der Waals surface area contributed by atoms with Crippen LogP contribution in [0.15, 0.2) is 42.7 Å². The Bertz CT molecular complexity index is 756. The van der Waals surface area contributed by atoms with Gasteiger partial charge in [-0.05, 0) is 43.2 Å². The predicted octanol–water partition coefficient (Wildman–Crippen LogP) is 2.15. The molecule has 4 rings (SSSR count). The minimum Gasteiger partial charge on any atom is -0.350 e. The Morgan fingerprint density at radius 1 is 1.20 bits per heavy atom. The average Bonchev–Trinajstić information content (AvgIpc) is 3.16. The van der Waals surface area contributed by atoms with E-state index in [1.165, 1.54) is 0 Å². The molecule has 0 bridgehead atoms. The fraction of sp³-hybridized carbons (Fsp3) is 0.389. The molecule has 2 unspecified atom stereocenters. The monoisotopic (exact) mass is 339 g/mol. The Hall–Kier alpha value is -2.83. The van der Waals surface area contributed by atoms with Crippen LogP contribution in [0.2, 0.25) is 0 Å². The third-order valence-corrected chi connectivity index (χ3v) is 4.94. The van der Waals surface area contributed by atoms with Crippen molar-refractivity contribution in [3.8, 4) is 5.69 Å². The SMILES string of the molecule is O=C1CN(C(=O)Nc2ccc(-n3cccn3)cc2)C2CCCCC2N1. The van der Waals surface area contributed by atoms with Crippen LogP contribution in [0.1, 0.15) is 25.7 Å². The van der Waals surface area contributed by atoms with Gasteiger partial charge in [-0.15, -0.1) is 0 Å². The van der Waals surface area contributed by atoms with E-state index in [4.69, 9.17) is 0 Å². The number of fused-ring (bicyclic) bond motifs is 1. The Balaban J connectivity index is 1.46. The van der Waals surface area contributed by atoms with Crippen LogP contribution in [-0.2, 0) is 4.79 Å². The summed E-state index contributed by atoms with van der Waals surface area (Å²) < 4.78 is 1.76. The van der Waals surface area contributed by atoms with Crippen LogP contribution in [0.5, 0.6) is 0 Å². The quantitative estimate of drug-likeness (QED) is 0.880. The lowest BCUT2D eigenvalue weighted by Crippen LogP contribution is -2.63. The highest BCUT2D eigenvalue weighted by Gasteiger charge is 2.38. The summed E-state index contributed by atoms with van der Waals surface area (Å²) in [6.45, 7) is 0.123. The molecule has 2 N–H and O–H groups in total. The van der Waals surface area contributed by atoms with Crippen LogP contribution in [0.25, 0.3) is 5.69 Å². The van der Waals surface area contributed by atoms with Crippen molar-refractivity contribution in [3.63, 3.8) is 0 Å². The second-order valence-electron chi connectivity index (χ2n) is 6.58. The van der Waals surface area contributed by atoms with Gasteiger partial charge in [0.25, 0.3) is 0 Å². The zero-order chi connectivity index (χ0) is 17.2. The first-order chi connectivity index (χ1) is 12.2. The smallest absolute Gasteiger partial charge is 0.322 e. The van der Waals surface area contributed by atoms with E-state index in [9.17, 15) is 9.59 Å². The fourth-order valence-corrected chi connectivity index (χ4v) is 3.71. The van der Waals surface area contributed by atoms with Crippen LogP contribution in [-0.4, -0.2) is 45.2 Å². The summed E-state index contributed by atoms with van der Waals surface area (Å²) in [5.74, 6) is -0.0765. The van der Waals surface area contributed by atoms with Gasteiger partial charge >= 0.3 is 6.03 Å². The number of benzene rings is 1. The van der Waals surface area contributed by atoms with Gasteiger partial charge in [-0.3, -0.25) is 4.79 Å². The molecule has 2 aromatic rings. The Morgan fingerprint density at radius 3 is 2.76 bits per heavy atom. The number of anilines is 1. The molecule has 25 heavy (non-hydrogen) atoms. The Labute approximate surface area is 146 Å². The first kappa shape index (κ1) is 15.7. The van der Waals surface area contributed by atoms with Crippen LogP contribution in [0, 0.1) is 0 Å². The average molecular weight is 339 g/mol. The van der Waals surface area contributed by atoms with Crippen molar-refractivity contribution < 1.29 is 9.59 Å². The van der Waals surface area contributed by atoms with Gasteiger partial charge < -0.3 is 15.5 Å². The second kappa shape index (κ2) is 6.58. The highest BCUT2D eigenvalue weighted by atomic mass is 16.2. The van der Waals surface area contributed by atoms with Gasteiger partial charge in [-0.1, -0.05) is 12.8 Å². The van der Waals surface area contributed by atoms with Gasteiger partial charge in [-0.25, -0.2) is 9.48 Å². The molecule has 1 aliphatic heterocycles. The standard InChI is InChI=1S/C18H21N5O2/c24-17-12-22(16-5-2-1-4-15(16)21-17)18(25)20-13-6-8-14(9-7-13)23-11-3-10-19-23/h3,6-11,15-16H,1-2,4-5,12H2,(H,20,25)(H,21,24). The molecule has 2 heterocycles. The summed E-state index contributed by atoms with van der Waals surface area (Å²) in [7, 11) is 0. The molecule has 1 aliphatic carbocycles. The van der Waals surface area contributed by atoms with E-state index < -0.39 is 0 Å². The molecular weight excluding hydrogens is 318 g/mol. The second-order valence-corrected chi connectivity index (χ2v) is 6.58. The number of piperazine rings is 1. The molecule has 2 atom stereocenters. The maximum atomic E-state index is 12.7. The molecule has 2 aliphatic rings. The zero-order valence-corrected chi connectivity index (χ0v) is 13.9. The minimum absolute atomic E-state index is 0.0765. The predicted molar refractivity (Wildman–Crippen MR) is 93.5 cm³/mol. The van der Waals surface area contributed by atoms with Crippen LogP contribution < -0.4 is 10.6 Å². The molecule has 1 aromatic heterocycles. The van der Waals surface area contributed by atoms with Crippen molar-refractivity contribution in [2.45, 2.75) is 37.8 Å². The molecule has 1 aromatic carbocycles. The van der Waals surface area contributed by atoms with Crippen molar-refractivity contribution in [2.24, 2.45) is 0 Å². The van der Waals surface area contributed by atoms with Crippen LogP contribution in [0.3, 0.4) is 0 Å². The third-order valence-electron chi connectivity index (χ3n) is 4.94. The fourth-order valence-electron chi connectivity index (χ4n) is 3.71. The highest BCUT2D eigenvalue weighted by molar-refractivity contribution is 5.93. The third kappa shape index (κ3) is 3.22. The lowest BCUT2D eigenvalue weighted by Gasteiger charge is -2.43. The normalized spacial score (nSPS) is 22.9. The molecule has 2 fully saturated rings. The van der Waals surface area contributed by atoms with Crippen LogP contribution in [0.4, 0.5) is 10.5 Å². The number of rotatable bonds is 2. The molecule has 7 heteroatoms. The van der Waals surface area contributed by atoms with Gasteiger partial charge in [-0.2, -0.15) is 5.10 Å². The minimum atomic E-state index is -0.210. The van der Waals surface area contributed by atoms with Crippen molar-refractivity contribution in [2.75, 3.05) is 11.9 Å². The van der Waals surface area contributed by atoms with Crippen molar-refractivity contribution >= 4 is 17.6 Å². The molecule has 1 saturated carbocycles. The number of hydrogen-bond donors (Lipinski definition) is 2. The van der Waals surface area contributed by atoms with E-state index in [0.717, 1.165) is 31.4 Å². The van der Waals surface area contributed by atoms with E-state index >= 15 is 0 Å². The number of nitrogens with one attached hydrogen (secondary N) is 2. The van der Waals surface area contributed by atoms with Crippen molar-refractivity contribution in [3.05, 3.63) is 42.7 Å². The molecule has 7 nitrogen and oxygen atoms in total. The molecule has 1 saturated heterocycles. The Morgan fingerprint density at radius 2 is 2.00 bits per heavy atom. The number of hydrogen-bond acceptors (Lipinski definition) is 3. The number of nitrogens with zero attached hydrogens (tertiary/aromatic N) is 3. The van der Waals surface area contributed by atoms with Gasteiger partial charge in [0.1, 0.15) is 6.54 Å². The Kier molecular flexibility index (Phi) is 4.13. The summed E-state index contributed by atoms with van der Waals surface area (Å²) in [5.41, 5.74) is 1.63. The van der Waals surface area contributed by atoms with Crippen LogP contribution >= 0.6 is 0 Å². The van der Waals surface area contributed by atoms with E-state index in [0.29, 0.717) is 5.69 Å². The molecular formula is C18H21N5O2. The van der Waals surface area contributed by atoms with Crippen molar-refractivity contribution in [1.29, 1.82) is 0 Å². The van der Waals surface area contributed by atoms with E-state index in [1.54, 1.807) is 15.8 Å². The molecule has 0 spiro atoms. The number of carbonyl (C=O) groups excluding carboxylic acids is 2. The maximum Gasteiger partial charge on any atom is 0.322 e. The molecule has 0 radical (unpaired) electrons. The van der Waals surface area contributed by atoms with E-state index in [-0.39, 0.29) is 30.6 Å². The lowest BCUT2D eigenvalue weighted by atomic mass is 9.87. The maximum absolute atomic E-state index is 12.7. The zero-order valence-electron chi connectivity index (χ0n) is 13.9. The largest absolute Gasteiger partial charge is 0.350 e. The van der Waals surface area contributed by atoms with Gasteiger partial charge in [0.05, 0.1) is 11.7 Å². The topological polar surface area (TPSA) is 79.3 Å². The van der Waals surface area contributed by atoms with Crippen molar-refractivity contribution in [1.82, 2.24) is 20.0 Å². The summed E-state index contributed by atoms with van der Waals surface area (Å²) in [4.78, 5) is 26.3. The first-order valence-corrected chi connectivity index (χ1v) is 8.68. The number of aromatic nitrogens is 2. The number of amides is 3. The summed E-state index contributed by atoms with van der Waals surface area (Å²) in [6.07, 6.45) is 7.67. The summed E-state index contributed by atoms with van der Waals surface area (Å²) in [6, 6.07) is 9.31. The summed E-state index contributed by atoms with van der Waals surface area (Å²) >= 11 is 0. The van der Waals surface area contributed by atoms with E-state index in [1.807, 2.05) is 36.5 Å². The van der Waals surface area contributed by atoms with E-state index in [2.05, 4.69) is 15.7 Å². The summed E-state index contributed by atoms with van der Waals surface area (Å²) in [5, 5.41) is 10.1.